The van der Waals surface area contributed by atoms with Crippen molar-refractivity contribution in [3.63, 3.8) is 0 Å². The maximum absolute atomic E-state index is 13.3. The molecule has 0 aliphatic carbocycles. The van der Waals surface area contributed by atoms with Gasteiger partial charge in [0.2, 0.25) is 0 Å². The number of anilines is 1. The third-order valence-electron chi connectivity index (χ3n) is 5.42. The first-order valence-corrected chi connectivity index (χ1v) is 11.1. The number of hydrogen-bond donors (Lipinski definition) is 3. The fraction of sp³-hybridized carbons (Fsp3) is 0.148. The van der Waals surface area contributed by atoms with Gasteiger partial charge in [0, 0.05) is 17.3 Å². The minimum absolute atomic E-state index is 0.119. The molecule has 1 aromatic heterocycles. The first-order valence-electron chi connectivity index (χ1n) is 11.1. The van der Waals surface area contributed by atoms with E-state index in [9.17, 15) is 18.8 Å². The van der Waals surface area contributed by atoms with Gasteiger partial charge in [0.1, 0.15) is 17.6 Å². The Morgan fingerprint density at radius 3 is 2.40 bits per heavy atom. The fourth-order valence-corrected chi connectivity index (χ4v) is 3.70. The third kappa shape index (κ3) is 5.73. The molecule has 0 spiro atoms. The van der Waals surface area contributed by atoms with Crippen LogP contribution in [0.4, 0.5) is 10.1 Å². The number of carbonyl (C=O) groups is 3. The highest BCUT2D eigenvalue weighted by Crippen LogP contribution is 2.19. The average molecular weight is 474 g/mol. The largest absolute Gasteiger partial charge is 0.464 e. The van der Waals surface area contributed by atoms with Crippen LogP contribution >= 0.6 is 0 Å². The molecule has 4 rings (SSSR count). The molecule has 1 unspecified atom stereocenters. The number of benzene rings is 3. The van der Waals surface area contributed by atoms with Gasteiger partial charge in [-0.1, -0.05) is 42.5 Å². The van der Waals surface area contributed by atoms with E-state index < -0.39 is 29.6 Å². The number of amides is 2. The average Bonchev–Trinajstić information content (AvgIpc) is 3.30. The van der Waals surface area contributed by atoms with E-state index in [2.05, 4.69) is 15.6 Å². The van der Waals surface area contributed by atoms with Gasteiger partial charge in [0.05, 0.1) is 17.9 Å². The molecule has 0 aliphatic heterocycles. The Balaban J connectivity index is 1.53. The van der Waals surface area contributed by atoms with Crippen molar-refractivity contribution in [2.75, 3.05) is 11.9 Å². The van der Waals surface area contributed by atoms with Gasteiger partial charge < -0.3 is 20.4 Å². The van der Waals surface area contributed by atoms with Gasteiger partial charge in [-0.25, -0.2) is 9.18 Å². The fourth-order valence-electron chi connectivity index (χ4n) is 3.70. The maximum atomic E-state index is 13.3. The number of carbonyl (C=O) groups excluding carboxylic acids is 3. The molecule has 0 saturated carbocycles. The Morgan fingerprint density at radius 2 is 1.66 bits per heavy atom. The van der Waals surface area contributed by atoms with Gasteiger partial charge >= 0.3 is 5.97 Å². The molecule has 0 fully saturated rings. The zero-order valence-corrected chi connectivity index (χ0v) is 19.0. The van der Waals surface area contributed by atoms with Crippen LogP contribution in [0.15, 0.2) is 78.9 Å². The topological polar surface area (TPSA) is 100 Å². The number of ether oxygens (including phenoxy) is 1. The van der Waals surface area contributed by atoms with Crippen molar-refractivity contribution in [1.29, 1.82) is 0 Å². The molecule has 178 valence electrons. The van der Waals surface area contributed by atoms with Gasteiger partial charge in [0.15, 0.2) is 0 Å². The third-order valence-corrected chi connectivity index (χ3v) is 5.42. The number of halogens is 1. The lowest BCUT2D eigenvalue weighted by Gasteiger charge is -2.19. The SMILES string of the molecule is CCOC(=O)C(Cc1ccc(F)cc1)NC(=O)c1ccccc1NC(=O)c1cc2ccccc2[nH]1. The summed E-state index contributed by atoms with van der Waals surface area (Å²) in [6.07, 6.45) is 0.119. The highest BCUT2D eigenvalue weighted by atomic mass is 19.1. The highest BCUT2D eigenvalue weighted by Gasteiger charge is 2.25. The summed E-state index contributed by atoms with van der Waals surface area (Å²) in [6, 6.07) is 20.4. The van der Waals surface area contributed by atoms with Crippen LogP contribution in [-0.4, -0.2) is 35.4 Å². The lowest BCUT2D eigenvalue weighted by atomic mass is 10.0. The molecule has 1 atom stereocenters. The number of fused-ring (bicyclic) bond motifs is 1. The molecular formula is C27H24FN3O4. The first kappa shape index (κ1) is 23.7. The number of nitrogens with one attached hydrogen (secondary N) is 3. The summed E-state index contributed by atoms with van der Waals surface area (Å²) in [4.78, 5) is 41.6. The molecule has 2 amide bonds. The van der Waals surface area contributed by atoms with Crippen LogP contribution in [-0.2, 0) is 16.0 Å². The smallest absolute Gasteiger partial charge is 0.328 e. The second kappa shape index (κ2) is 10.6. The molecule has 3 aromatic carbocycles. The van der Waals surface area contributed by atoms with Gasteiger partial charge in [-0.3, -0.25) is 9.59 Å². The van der Waals surface area contributed by atoms with Crippen LogP contribution in [0, 0.1) is 5.82 Å². The van der Waals surface area contributed by atoms with Crippen LogP contribution < -0.4 is 10.6 Å². The molecule has 0 bridgehead atoms. The second-order valence-corrected chi connectivity index (χ2v) is 7.88. The van der Waals surface area contributed by atoms with Gasteiger partial charge in [-0.2, -0.15) is 0 Å². The number of aromatic nitrogens is 1. The molecule has 1 heterocycles. The van der Waals surface area contributed by atoms with E-state index in [4.69, 9.17) is 4.74 Å². The van der Waals surface area contributed by atoms with E-state index >= 15 is 0 Å². The summed E-state index contributed by atoms with van der Waals surface area (Å²) in [6.45, 7) is 1.81. The van der Waals surface area contributed by atoms with Crippen LogP contribution in [0.1, 0.15) is 33.3 Å². The number of H-pyrrole nitrogens is 1. The number of aromatic amines is 1. The summed E-state index contributed by atoms with van der Waals surface area (Å²) < 4.78 is 18.4. The van der Waals surface area contributed by atoms with Crippen molar-refractivity contribution in [2.45, 2.75) is 19.4 Å². The van der Waals surface area contributed by atoms with E-state index in [1.165, 1.54) is 12.1 Å². The minimum Gasteiger partial charge on any atom is -0.464 e. The van der Waals surface area contributed by atoms with Crippen molar-refractivity contribution in [1.82, 2.24) is 10.3 Å². The van der Waals surface area contributed by atoms with E-state index in [1.54, 1.807) is 49.4 Å². The summed E-state index contributed by atoms with van der Waals surface area (Å²) in [5.41, 5.74) is 2.30. The van der Waals surface area contributed by atoms with E-state index in [-0.39, 0.29) is 24.3 Å². The molecule has 0 saturated heterocycles. The van der Waals surface area contributed by atoms with Crippen molar-refractivity contribution in [3.8, 4) is 0 Å². The Hall–Kier alpha value is -4.46. The van der Waals surface area contributed by atoms with Gasteiger partial charge in [-0.05, 0) is 48.9 Å². The van der Waals surface area contributed by atoms with E-state index in [0.29, 0.717) is 11.3 Å². The molecule has 35 heavy (non-hydrogen) atoms. The summed E-state index contributed by atoms with van der Waals surface area (Å²) in [5, 5.41) is 6.34. The Morgan fingerprint density at radius 1 is 0.943 bits per heavy atom. The molecule has 0 radical (unpaired) electrons. The highest BCUT2D eigenvalue weighted by molar-refractivity contribution is 6.10. The van der Waals surface area contributed by atoms with E-state index in [1.807, 2.05) is 24.3 Å². The van der Waals surface area contributed by atoms with Crippen LogP contribution in [0.2, 0.25) is 0 Å². The molecule has 8 heteroatoms. The summed E-state index contributed by atoms with van der Waals surface area (Å²) >= 11 is 0. The molecule has 7 nitrogen and oxygen atoms in total. The molecule has 4 aromatic rings. The van der Waals surface area contributed by atoms with Crippen LogP contribution in [0.3, 0.4) is 0 Å². The zero-order chi connectivity index (χ0) is 24.8. The van der Waals surface area contributed by atoms with Crippen LogP contribution in [0.25, 0.3) is 10.9 Å². The number of rotatable bonds is 8. The standard InChI is InChI=1S/C27H24FN3O4/c1-2-35-27(34)24(15-17-11-13-19(28)14-12-17)31-25(32)20-8-4-6-10-22(20)30-26(33)23-16-18-7-3-5-9-21(18)29-23/h3-14,16,24,29H,2,15H2,1H3,(H,30,33)(H,31,32). The van der Waals surface area contributed by atoms with Crippen molar-refractivity contribution in [2.24, 2.45) is 0 Å². The predicted molar refractivity (Wildman–Crippen MR) is 131 cm³/mol. The van der Waals surface area contributed by atoms with Crippen molar-refractivity contribution in [3.05, 3.63) is 102 Å². The quantitative estimate of drug-likeness (QED) is 0.329. The molecule has 0 aliphatic rings. The van der Waals surface area contributed by atoms with Crippen molar-refractivity contribution < 1.29 is 23.5 Å². The monoisotopic (exact) mass is 473 g/mol. The predicted octanol–water partition coefficient (Wildman–Crippen LogP) is 4.46. The van der Waals surface area contributed by atoms with Crippen LogP contribution in [0.5, 0.6) is 0 Å². The number of esters is 1. The minimum atomic E-state index is -0.995. The number of para-hydroxylation sites is 2. The summed E-state index contributed by atoms with van der Waals surface area (Å²) in [5.74, 6) is -1.97. The first-order chi connectivity index (χ1) is 16.9. The molecular weight excluding hydrogens is 449 g/mol. The second-order valence-electron chi connectivity index (χ2n) is 7.88. The Kier molecular flexibility index (Phi) is 7.21. The number of hydrogen-bond acceptors (Lipinski definition) is 4. The lowest BCUT2D eigenvalue weighted by Crippen LogP contribution is -2.43. The normalized spacial score (nSPS) is 11.6. The lowest BCUT2D eigenvalue weighted by molar-refractivity contribution is -0.145. The zero-order valence-electron chi connectivity index (χ0n) is 19.0. The Labute approximate surface area is 201 Å². The summed E-state index contributed by atoms with van der Waals surface area (Å²) in [7, 11) is 0. The van der Waals surface area contributed by atoms with Gasteiger partial charge in [0.25, 0.3) is 11.8 Å². The van der Waals surface area contributed by atoms with Crippen molar-refractivity contribution >= 4 is 34.4 Å². The van der Waals surface area contributed by atoms with Gasteiger partial charge in [-0.15, -0.1) is 0 Å². The molecule has 3 N–H and O–H groups in total. The Bertz CT molecular complexity index is 1330. The maximum Gasteiger partial charge on any atom is 0.328 e. The van der Waals surface area contributed by atoms with E-state index in [0.717, 1.165) is 10.9 Å².